The number of nitro groups is 1. The van der Waals surface area contributed by atoms with Gasteiger partial charge in [-0.2, -0.15) is 0 Å². The number of carbonyl (C=O) groups excluding carboxylic acids is 1. The van der Waals surface area contributed by atoms with Gasteiger partial charge in [0.2, 0.25) is 0 Å². The Hall–Kier alpha value is -3.94. The number of hydrogen-bond acceptors (Lipinski definition) is 7. The Morgan fingerprint density at radius 3 is 2.27 bits per heavy atom. The van der Waals surface area contributed by atoms with E-state index in [1.807, 2.05) is 68.1 Å². The summed E-state index contributed by atoms with van der Waals surface area (Å²) >= 11 is 0. The van der Waals surface area contributed by atoms with Crippen molar-refractivity contribution in [1.82, 2.24) is 4.98 Å². The first-order valence-electron chi connectivity index (χ1n) is 10.8. The number of hydrogen-bond donors (Lipinski definition) is 0. The van der Waals surface area contributed by atoms with Crippen molar-refractivity contribution in [3.8, 4) is 0 Å². The first-order valence-corrected chi connectivity index (χ1v) is 10.8. The van der Waals surface area contributed by atoms with Crippen molar-refractivity contribution in [2.75, 3.05) is 37.0 Å². The standard InChI is InChI=1S/C25H26N4O4/c1-5-28(6-2)19-11-12-21(23(15-19)29(31)32)25(17-7-9-18(10-8-17)27(3)4)22-16-26-14-13-20(22)24(30)33-25/h7-16H,5-6H2,1-4H3. The van der Waals surface area contributed by atoms with Crippen molar-refractivity contribution >= 4 is 23.0 Å². The molecule has 0 aliphatic carbocycles. The van der Waals surface area contributed by atoms with Crippen molar-refractivity contribution in [2.24, 2.45) is 0 Å². The number of esters is 1. The third-order valence-electron chi connectivity index (χ3n) is 6.14. The van der Waals surface area contributed by atoms with E-state index in [9.17, 15) is 14.9 Å². The van der Waals surface area contributed by atoms with Gasteiger partial charge in [0.15, 0.2) is 5.60 Å². The number of aromatic nitrogens is 1. The van der Waals surface area contributed by atoms with E-state index in [4.69, 9.17) is 4.74 Å². The summed E-state index contributed by atoms with van der Waals surface area (Å²) in [6.45, 7) is 5.42. The van der Waals surface area contributed by atoms with E-state index in [-0.39, 0.29) is 5.69 Å². The lowest BCUT2D eigenvalue weighted by Gasteiger charge is -2.31. The lowest BCUT2D eigenvalue weighted by molar-refractivity contribution is -0.386. The second kappa shape index (κ2) is 8.54. The molecule has 2 heterocycles. The molecule has 1 aromatic heterocycles. The van der Waals surface area contributed by atoms with E-state index in [1.165, 1.54) is 6.20 Å². The van der Waals surface area contributed by atoms with Crippen molar-refractivity contribution in [2.45, 2.75) is 19.4 Å². The molecule has 3 aromatic rings. The zero-order valence-electron chi connectivity index (χ0n) is 19.1. The number of benzene rings is 2. The van der Waals surface area contributed by atoms with E-state index in [2.05, 4.69) is 4.98 Å². The monoisotopic (exact) mass is 446 g/mol. The van der Waals surface area contributed by atoms with Crippen molar-refractivity contribution in [3.63, 3.8) is 0 Å². The number of nitro benzene ring substituents is 1. The van der Waals surface area contributed by atoms with Gasteiger partial charge in [0.1, 0.15) is 0 Å². The van der Waals surface area contributed by atoms with Crippen molar-refractivity contribution < 1.29 is 14.5 Å². The Kier molecular flexibility index (Phi) is 5.76. The van der Waals surface area contributed by atoms with Crippen LogP contribution in [0.5, 0.6) is 0 Å². The Balaban J connectivity index is 2.02. The molecule has 0 fully saturated rings. The third kappa shape index (κ3) is 3.57. The van der Waals surface area contributed by atoms with Crippen molar-refractivity contribution in [3.05, 3.63) is 93.3 Å². The predicted molar refractivity (Wildman–Crippen MR) is 127 cm³/mol. The van der Waals surface area contributed by atoms with E-state index < -0.39 is 16.5 Å². The largest absolute Gasteiger partial charge is 0.440 e. The molecule has 1 atom stereocenters. The Labute approximate surface area is 192 Å². The molecule has 1 unspecified atom stereocenters. The van der Waals surface area contributed by atoms with Crippen LogP contribution in [0.15, 0.2) is 60.9 Å². The summed E-state index contributed by atoms with van der Waals surface area (Å²) in [6, 6.07) is 14.2. The van der Waals surface area contributed by atoms with Crippen LogP contribution in [-0.2, 0) is 10.3 Å². The molecule has 33 heavy (non-hydrogen) atoms. The molecule has 0 saturated heterocycles. The molecular weight excluding hydrogens is 420 g/mol. The van der Waals surface area contributed by atoms with Crippen LogP contribution in [0.2, 0.25) is 0 Å². The highest BCUT2D eigenvalue weighted by atomic mass is 16.6. The lowest BCUT2D eigenvalue weighted by atomic mass is 9.79. The molecule has 1 aliphatic heterocycles. The summed E-state index contributed by atoms with van der Waals surface area (Å²) < 4.78 is 6.03. The maximum absolute atomic E-state index is 12.9. The maximum atomic E-state index is 12.9. The fourth-order valence-corrected chi connectivity index (χ4v) is 4.42. The van der Waals surface area contributed by atoms with Crippen LogP contribution in [0.4, 0.5) is 17.1 Å². The van der Waals surface area contributed by atoms with E-state index >= 15 is 0 Å². The van der Waals surface area contributed by atoms with Gasteiger partial charge in [0.05, 0.1) is 16.1 Å². The maximum Gasteiger partial charge on any atom is 0.340 e. The predicted octanol–water partition coefficient (Wildman–Crippen LogP) is 4.36. The number of carbonyl (C=O) groups is 1. The highest BCUT2D eigenvalue weighted by molar-refractivity contribution is 5.96. The quantitative estimate of drug-likeness (QED) is 0.303. The van der Waals surface area contributed by atoms with Crippen LogP contribution in [0, 0.1) is 10.1 Å². The number of anilines is 2. The van der Waals surface area contributed by atoms with Gasteiger partial charge in [-0.05, 0) is 44.2 Å². The van der Waals surface area contributed by atoms with Gasteiger partial charge < -0.3 is 14.5 Å². The van der Waals surface area contributed by atoms with Crippen LogP contribution in [0.1, 0.15) is 40.9 Å². The van der Waals surface area contributed by atoms with Gasteiger partial charge in [0, 0.05) is 68.1 Å². The zero-order chi connectivity index (χ0) is 23.8. The van der Waals surface area contributed by atoms with Gasteiger partial charge in [-0.25, -0.2) is 4.79 Å². The molecule has 4 rings (SSSR count). The minimum absolute atomic E-state index is 0.111. The average Bonchev–Trinajstić information content (AvgIpc) is 3.13. The number of cyclic esters (lactones) is 1. The van der Waals surface area contributed by atoms with Gasteiger partial charge in [0.25, 0.3) is 5.69 Å². The summed E-state index contributed by atoms with van der Waals surface area (Å²) in [7, 11) is 3.85. The fourth-order valence-electron chi connectivity index (χ4n) is 4.42. The normalized spacial score (nSPS) is 16.8. The second-order valence-corrected chi connectivity index (χ2v) is 8.06. The Bertz CT molecular complexity index is 1210. The Morgan fingerprint density at radius 2 is 1.67 bits per heavy atom. The number of nitrogens with zero attached hydrogens (tertiary/aromatic N) is 4. The number of pyridine rings is 1. The summed E-state index contributed by atoms with van der Waals surface area (Å²) in [6.07, 6.45) is 3.07. The van der Waals surface area contributed by atoms with E-state index in [0.29, 0.717) is 35.3 Å². The number of rotatable bonds is 7. The minimum atomic E-state index is -1.48. The molecule has 8 nitrogen and oxygen atoms in total. The molecule has 0 spiro atoms. The molecule has 2 aromatic carbocycles. The molecule has 0 bridgehead atoms. The average molecular weight is 447 g/mol. The number of ether oxygens (including phenoxy) is 1. The SMILES string of the molecule is CCN(CC)c1ccc(C2(c3ccc(N(C)C)cc3)OC(=O)c3ccncc32)c([N+](=O)[O-])c1. The zero-order valence-corrected chi connectivity index (χ0v) is 19.1. The van der Waals surface area contributed by atoms with Crippen LogP contribution >= 0.6 is 0 Å². The molecule has 0 amide bonds. The summed E-state index contributed by atoms with van der Waals surface area (Å²) in [5, 5.41) is 12.3. The Morgan fingerprint density at radius 1 is 1.00 bits per heavy atom. The molecular formula is C25H26N4O4. The van der Waals surface area contributed by atoms with Gasteiger partial charge in [-0.3, -0.25) is 15.1 Å². The third-order valence-corrected chi connectivity index (χ3v) is 6.14. The molecule has 1 aliphatic rings. The summed E-state index contributed by atoms with van der Waals surface area (Å²) in [5.41, 5.74) is 1.86. The topological polar surface area (TPSA) is 88.8 Å². The molecule has 0 radical (unpaired) electrons. The van der Waals surface area contributed by atoms with Gasteiger partial charge in [-0.15, -0.1) is 0 Å². The molecule has 0 N–H and O–H groups in total. The number of fused-ring (bicyclic) bond motifs is 1. The second-order valence-electron chi connectivity index (χ2n) is 8.06. The molecule has 0 saturated carbocycles. The molecule has 8 heteroatoms. The highest BCUT2D eigenvalue weighted by Crippen LogP contribution is 2.50. The minimum Gasteiger partial charge on any atom is -0.440 e. The van der Waals surface area contributed by atoms with Crippen LogP contribution in [0.3, 0.4) is 0 Å². The first-order chi connectivity index (χ1) is 15.8. The van der Waals surface area contributed by atoms with Crippen LogP contribution < -0.4 is 9.80 Å². The smallest absolute Gasteiger partial charge is 0.340 e. The van der Waals surface area contributed by atoms with E-state index in [1.54, 1.807) is 24.4 Å². The van der Waals surface area contributed by atoms with Crippen molar-refractivity contribution in [1.29, 1.82) is 0 Å². The molecule has 170 valence electrons. The van der Waals surface area contributed by atoms with Crippen LogP contribution in [-0.4, -0.2) is 43.1 Å². The first kappa shape index (κ1) is 22.3. The van der Waals surface area contributed by atoms with Gasteiger partial charge >= 0.3 is 5.97 Å². The van der Waals surface area contributed by atoms with E-state index in [0.717, 1.165) is 11.4 Å². The highest BCUT2D eigenvalue weighted by Gasteiger charge is 2.52. The van der Waals surface area contributed by atoms with Crippen LogP contribution in [0.25, 0.3) is 0 Å². The van der Waals surface area contributed by atoms with Gasteiger partial charge in [-0.1, -0.05) is 12.1 Å². The summed E-state index contributed by atoms with van der Waals surface area (Å²) in [4.78, 5) is 33.0. The fraction of sp³-hybridized carbons (Fsp3) is 0.280. The lowest BCUT2D eigenvalue weighted by Crippen LogP contribution is -2.31. The summed E-state index contributed by atoms with van der Waals surface area (Å²) in [5.74, 6) is -0.536.